The van der Waals surface area contributed by atoms with Crippen LogP contribution in [0.3, 0.4) is 0 Å². The molecule has 0 saturated carbocycles. The molecule has 0 aliphatic rings. The second-order valence-electron chi connectivity index (χ2n) is 4.21. The first-order chi connectivity index (χ1) is 8.65. The predicted molar refractivity (Wildman–Crippen MR) is 80.4 cm³/mol. The molecule has 0 amide bonds. The van der Waals surface area contributed by atoms with E-state index < -0.39 is 5.97 Å². The summed E-state index contributed by atoms with van der Waals surface area (Å²) >= 11 is 2.15. The van der Waals surface area contributed by atoms with E-state index in [1.807, 2.05) is 0 Å². The lowest BCUT2D eigenvalue weighted by molar-refractivity contribution is 0.0692. The summed E-state index contributed by atoms with van der Waals surface area (Å²) in [5.74, 6) is -0.461. The highest BCUT2D eigenvalue weighted by Gasteiger charge is 2.11. The minimum Gasteiger partial charge on any atom is -0.493 e. The van der Waals surface area contributed by atoms with Crippen LogP contribution in [0.1, 0.15) is 49.4 Å². The third-order valence-corrected chi connectivity index (χ3v) is 3.35. The Kier molecular flexibility index (Phi) is 7.08. The summed E-state index contributed by atoms with van der Waals surface area (Å²) in [5, 5.41) is 9.05. The number of ether oxygens (including phenoxy) is 1. The summed E-state index contributed by atoms with van der Waals surface area (Å²) in [6.07, 6.45) is 5.81. The van der Waals surface area contributed by atoms with Gasteiger partial charge in [-0.05, 0) is 47.2 Å². The number of hydrogen-bond donors (Lipinski definition) is 1. The van der Waals surface area contributed by atoms with E-state index in [2.05, 4.69) is 29.5 Å². The van der Waals surface area contributed by atoms with E-state index in [1.54, 1.807) is 18.2 Å². The molecule has 0 heterocycles. The zero-order chi connectivity index (χ0) is 13.4. The van der Waals surface area contributed by atoms with Gasteiger partial charge in [0.15, 0.2) is 0 Å². The van der Waals surface area contributed by atoms with E-state index in [0.717, 1.165) is 16.4 Å². The number of unbranched alkanes of at least 4 members (excludes halogenated alkanes) is 4. The van der Waals surface area contributed by atoms with Crippen molar-refractivity contribution in [2.24, 2.45) is 0 Å². The van der Waals surface area contributed by atoms with Crippen molar-refractivity contribution in [1.29, 1.82) is 0 Å². The minimum atomic E-state index is -0.938. The van der Waals surface area contributed by atoms with E-state index in [-0.39, 0.29) is 5.56 Å². The number of benzene rings is 1. The van der Waals surface area contributed by atoms with Crippen LogP contribution in [0.2, 0.25) is 0 Å². The van der Waals surface area contributed by atoms with Gasteiger partial charge in [-0.2, -0.15) is 0 Å². The number of carbonyl (C=O) groups is 1. The molecular formula is C14H19IO3. The maximum Gasteiger partial charge on any atom is 0.339 e. The third kappa shape index (κ3) is 5.25. The second-order valence-corrected chi connectivity index (χ2v) is 5.45. The van der Waals surface area contributed by atoms with Gasteiger partial charge in [-0.1, -0.05) is 32.6 Å². The van der Waals surface area contributed by atoms with Crippen LogP contribution in [0.4, 0.5) is 0 Å². The lowest BCUT2D eigenvalue weighted by atomic mass is 10.1. The van der Waals surface area contributed by atoms with Crippen LogP contribution in [-0.4, -0.2) is 17.7 Å². The van der Waals surface area contributed by atoms with E-state index in [9.17, 15) is 4.79 Å². The summed E-state index contributed by atoms with van der Waals surface area (Å²) in [6.45, 7) is 2.77. The van der Waals surface area contributed by atoms with Gasteiger partial charge in [-0.3, -0.25) is 0 Å². The topological polar surface area (TPSA) is 46.5 Å². The van der Waals surface area contributed by atoms with Crippen molar-refractivity contribution in [3.05, 3.63) is 27.3 Å². The first kappa shape index (κ1) is 15.3. The highest BCUT2D eigenvalue weighted by Crippen LogP contribution is 2.22. The summed E-state index contributed by atoms with van der Waals surface area (Å²) in [6, 6.07) is 5.14. The highest BCUT2D eigenvalue weighted by atomic mass is 127. The lowest BCUT2D eigenvalue weighted by Crippen LogP contribution is -2.04. The molecule has 0 aliphatic heterocycles. The van der Waals surface area contributed by atoms with Gasteiger partial charge in [0.25, 0.3) is 0 Å². The van der Waals surface area contributed by atoms with E-state index in [0.29, 0.717) is 12.4 Å². The second kappa shape index (κ2) is 8.34. The molecule has 1 aromatic carbocycles. The summed E-state index contributed by atoms with van der Waals surface area (Å²) < 4.78 is 6.56. The van der Waals surface area contributed by atoms with Crippen LogP contribution in [0.25, 0.3) is 0 Å². The third-order valence-electron chi connectivity index (χ3n) is 2.68. The molecule has 1 rings (SSSR count). The molecule has 0 bridgehead atoms. The quantitative estimate of drug-likeness (QED) is 0.553. The van der Waals surface area contributed by atoms with Gasteiger partial charge in [0, 0.05) is 3.57 Å². The summed E-state index contributed by atoms with van der Waals surface area (Å²) in [4.78, 5) is 11.0. The summed E-state index contributed by atoms with van der Waals surface area (Å²) in [7, 11) is 0. The van der Waals surface area contributed by atoms with Crippen LogP contribution >= 0.6 is 22.6 Å². The molecular weight excluding hydrogens is 343 g/mol. The molecule has 1 N–H and O–H groups in total. The molecule has 100 valence electrons. The average molecular weight is 362 g/mol. The van der Waals surface area contributed by atoms with Crippen LogP contribution in [0.15, 0.2) is 18.2 Å². The first-order valence-corrected chi connectivity index (χ1v) is 7.38. The van der Waals surface area contributed by atoms with Gasteiger partial charge >= 0.3 is 5.97 Å². The van der Waals surface area contributed by atoms with Gasteiger partial charge in [-0.15, -0.1) is 0 Å². The van der Waals surface area contributed by atoms with Crippen LogP contribution < -0.4 is 4.74 Å². The molecule has 3 nitrogen and oxygen atoms in total. The number of carboxylic acid groups (broad SMARTS) is 1. The molecule has 0 radical (unpaired) electrons. The highest BCUT2D eigenvalue weighted by molar-refractivity contribution is 14.1. The zero-order valence-electron chi connectivity index (χ0n) is 10.6. The molecule has 0 atom stereocenters. The van der Waals surface area contributed by atoms with Crippen LogP contribution in [-0.2, 0) is 0 Å². The summed E-state index contributed by atoms with van der Waals surface area (Å²) in [5.41, 5.74) is 0.240. The van der Waals surface area contributed by atoms with Crippen LogP contribution in [0.5, 0.6) is 5.75 Å². The van der Waals surface area contributed by atoms with E-state index in [4.69, 9.17) is 9.84 Å². The molecule has 0 unspecified atom stereocenters. The SMILES string of the molecule is CCCCCCCOc1cc(I)ccc1C(=O)O. The smallest absolute Gasteiger partial charge is 0.339 e. The Morgan fingerprint density at radius 3 is 2.67 bits per heavy atom. The van der Waals surface area contributed by atoms with Crippen LogP contribution in [0, 0.1) is 3.57 Å². The fourth-order valence-electron chi connectivity index (χ4n) is 1.68. The number of halogens is 1. The van der Waals surface area contributed by atoms with Crippen molar-refractivity contribution in [3.63, 3.8) is 0 Å². The molecule has 0 aliphatic carbocycles. The van der Waals surface area contributed by atoms with Crippen molar-refractivity contribution >= 4 is 28.6 Å². The molecule has 0 aromatic heterocycles. The Labute approximate surface area is 122 Å². The molecule has 0 fully saturated rings. The van der Waals surface area contributed by atoms with E-state index in [1.165, 1.54) is 19.3 Å². The number of aromatic carboxylic acids is 1. The molecule has 18 heavy (non-hydrogen) atoms. The Balaban J connectivity index is 2.45. The number of rotatable bonds is 8. The Bertz CT molecular complexity index is 391. The monoisotopic (exact) mass is 362 g/mol. The van der Waals surface area contributed by atoms with Gasteiger partial charge in [-0.25, -0.2) is 4.79 Å². The molecule has 4 heteroatoms. The van der Waals surface area contributed by atoms with Gasteiger partial charge in [0.1, 0.15) is 11.3 Å². The van der Waals surface area contributed by atoms with Gasteiger partial charge < -0.3 is 9.84 Å². The average Bonchev–Trinajstić information content (AvgIpc) is 2.33. The number of hydrogen-bond acceptors (Lipinski definition) is 2. The predicted octanol–water partition coefficient (Wildman–Crippen LogP) is 4.34. The van der Waals surface area contributed by atoms with Gasteiger partial charge in [0.05, 0.1) is 6.61 Å². The standard InChI is InChI=1S/C14H19IO3/c1-2-3-4-5-6-9-18-13-10-11(15)7-8-12(13)14(16)17/h7-8,10H,2-6,9H2,1H3,(H,16,17). The first-order valence-electron chi connectivity index (χ1n) is 6.30. The normalized spacial score (nSPS) is 10.3. The maximum absolute atomic E-state index is 11.0. The van der Waals surface area contributed by atoms with Crippen molar-refractivity contribution in [2.75, 3.05) is 6.61 Å². The largest absolute Gasteiger partial charge is 0.493 e. The van der Waals surface area contributed by atoms with E-state index >= 15 is 0 Å². The van der Waals surface area contributed by atoms with Crippen molar-refractivity contribution < 1.29 is 14.6 Å². The van der Waals surface area contributed by atoms with Gasteiger partial charge in [0.2, 0.25) is 0 Å². The lowest BCUT2D eigenvalue weighted by Gasteiger charge is -2.09. The van der Waals surface area contributed by atoms with Crippen molar-refractivity contribution in [1.82, 2.24) is 0 Å². The Morgan fingerprint density at radius 1 is 1.28 bits per heavy atom. The maximum atomic E-state index is 11.0. The fraction of sp³-hybridized carbons (Fsp3) is 0.500. The van der Waals surface area contributed by atoms with Crippen molar-refractivity contribution in [2.45, 2.75) is 39.0 Å². The molecule has 0 saturated heterocycles. The Hall–Kier alpha value is -0.780. The minimum absolute atomic E-state index is 0.240. The van der Waals surface area contributed by atoms with Crippen molar-refractivity contribution in [3.8, 4) is 5.75 Å². The molecule has 1 aromatic rings. The fourth-order valence-corrected chi connectivity index (χ4v) is 2.14. The molecule has 0 spiro atoms. The Morgan fingerprint density at radius 2 is 2.00 bits per heavy atom. The number of carboxylic acids is 1. The zero-order valence-corrected chi connectivity index (χ0v) is 12.8.